The van der Waals surface area contributed by atoms with Crippen molar-refractivity contribution in [1.29, 1.82) is 0 Å². The predicted octanol–water partition coefficient (Wildman–Crippen LogP) is 0.560. The number of fused-ring (bicyclic) bond motifs is 1. The Labute approximate surface area is 113 Å². The lowest BCUT2D eigenvalue weighted by Gasteiger charge is -2.13. The minimum atomic E-state index is -1.06. The van der Waals surface area contributed by atoms with E-state index in [0.717, 1.165) is 10.2 Å². The molecule has 0 radical (unpaired) electrons. The number of hydrogen-bond acceptors (Lipinski definition) is 6. The molecule has 2 aromatic rings. The smallest absolute Gasteiger partial charge is 0.330 e. The quantitative estimate of drug-likeness (QED) is 0.799. The van der Waals surface area contributed by atoms with Gasteiger partial charge in [0.05, 0.1) is 29.4 Å². The van der Waals surface area contributed by atoms with Gasteiger partial charge in [0.1, 0.15) is 0 Å². The SMILES string of the molecule is COC(=O)C(CO)NC(=O)c1ccc2ncsc2c1. The van der Waals surface area contributed by atoms with E-state index in [9.17, 15) is 9.59 Å². The highest BCUT2D eigenvalue weighted by Crippen LogP contribution is 2.19. The highest BCUT2D eigenvalue weighted by molar-refractivity contribution is 7.16. The molecule has 19 heavy (non-hydrogen) atoms. The normalized spacial score (nSPS) is 12.1. The molecule has 0 saturated carbocycles. The van der Waals surface area contributed by atoms with Crippen molar-refractivity contribution in [2.24, 2.45) is 0 Å². The lowest BCUT2D eigenvalue weighted by atomic mass is 10.2. The second-order valence-corrected chi connectivity index (χ2v) is 4.65. The molecule has 0 saturated heterocycles. The lowest BCUT2D eigenvalue weighted by molar-refractivity contribution is -0.143. The van der Waals surface area contributed by atoms with Crippen LogP contribution < -0.4 is 5.32 Å². The summed E-state index contributed by atoms with van der Waals surface area (Å²) < 4.78 is 5.36. The van der Waals surface area contributed by atoms with Gasteiger partial charge in [0.2, 0.25) is 0 Å². The van der Waals surface area contributed by atoms with Crippen molar-refractivity contribution >= 4 is 33.4 Å². The molecule has 1 amide bonds. The third-order valence-electron chi connectivity index (χ3n) is 2.57. The van der Waals surface area contributed by atoms with Crippen LogP contribution in [0.5, 0.6) is 0 Å². The van der Waals surface area contributed by atoms with Crippen LogP contribution in [0, 0.1) is 0 Å². The number of thiazole rings is 1. The molecule has 2 N–H and O–H groups in total. The summed E-state index contributed by atoms with van der Waals surface area (Å²) >= 11 is 1.42. The minimum Gasteiger partial charge on any atom is -0.467 e. The molecule has 100 valence electrons. The molecule has 6 nitrogen and oxygen atoms in total. The number of methoxy groups -OCH3 is 1. The maximum absolute atomic E-state index is 12.0. The van der Waals surface area contributed by atoms with Crippen LogP contribution in [0.4, 0.5) is 0 Å². The maximum atomic E-state index is 12.0. The summed E-state index contributed by atoms with van der Waals surface area (Å²) in [7, 11) is 1.19. The molecule has 0 aliphatic carbocycles. The van der Waals surface area contributed by atoms with Gasteiger partial charge in [0.15, 0.2) is 6.04 Å². The Hall–Kier alpha value is -1.99. The molecule has 1 aromatic carbocycles. The van der Waals surface area contributed by atoms with Gasteiger partial charge in [-0.2, -0.15) is 0 Å². The minimum absolute atomic E-state index is 0.402. The first-order valence-corrected chi connectivity index (χ1v) is 6.36. The van der Waals surface area contributed by atoms with E-state index in [1.807, 2.05) is 0 Å². The Bertz CT molecular complexity index is 611. The van der Waals surface area contributed by atoms with Crippen LogP contribution in [0.2, 0.25) is 0 Å². The van der Waals surface area contributed by atoms with Crippen molar-refractivity contribution in [3.05, 3.63) is 29.3 Å². The predicted molar refractivity (Wildman–Crippen MR) is 70.0 cm³/mol. The average molecular weight is 280 g/mol. The summed E-state index contributed by atoms with van der Waals surface area (Å²) in [5, 5.41) is 11.4. The number of aromatic nitrogens is 1. The van der Waals surface area contributed by atoms with Gasteiger partial charge in [-0.05, 0) is 18.2 Å². The van der Waals surface area contributed by atoms with Crippen LogP contribution in [-0.4, -0.2) is 41.7 Å². The van der Waals surface area contributed by atoms with Gasteiger partial charge in [0.25, 0.3) is 5.91 Å². The number of ether oxygens (including phenoxy) is 1. The number of carbonyl (C=O) groups is 2. The average Bonchev–Trinajstić information content (AvgIpc) is 2.90. The van der Waals surface area contributed by atoms with E-state index in [1.54, 1.807) is 23.7 Å². The molecular formula is C12H12N2O4S. The van der Waals surface area contributed by atoms with Crippen LogP contribution in [0.3, 0.4) is 0 Å². The molecule has 7 heteroatoms. The van der Waals surface area contributed by atoms with Gasteiger partial charge in [0, 0.05) is 5.56 Å². The number of rotatable bonds is 4. The standard InChI is InChI=1S/C12H12N2O4S/c1-18-12(17)9(5-15)14-11(16)7-2-3-8-10(4-7)19-6-13-8/h2-4,6,9,15H,5H2,1H3,(H,14,16). The van der Waals surface area contributed by atoms with Crippen LogP contribution in [0.1, 0.15) is 10.4 Å². The molecule has 0 aliphatic rings. The molecule has 1 atom stereocenters. The van der Waals surface area contributed by atoms with Gasteiger partial charge in [-0.25, -0.2) is 9.78 Å². The summed E-state index contributed by atoms with van der Waals surface area (Å²) in [6, 6.07) is 3.97. The van der Waals surface area contributed by atoms with E-state index in [1.165, 1.54) is 18.4 Å². The molecule has 0 aliphatic heterocycles. The number of aliphatic hydroxyl groups is 1. The van der Waals surface area contributed by atoms with Crippen LogP contribution in [0.15, 0.2) is 23.7 Å². The fourth-order valence-corrected chi connectivity index (χ4v) is 2.28. The molecule has 1 heterocycles. The zero-order chi connectivity index (χ0) is 13.8. The largest absolute Gasteiger partial charge is 0.467 e. The number of benzene rings is 1. The number of amides is 1. The number of aliphatic hydroxyl groups excluding tert-OH is 1. The topological polar surface area (TPSA) is 88.5 Å². The zero-order valence-corrected chi connectivity index (χ0v) is 10.9. The third kappa shape index (κ3) is 2.88. The molecule has 2 rings (SSSR count). The monoisotopic (exact) mass is 280 g/mol. The molecule has 1 unspecified atom stereocenters. The van der Waals surface area contributed by atoms with Crippen molar-refractivity contribution in [3.63, 3.8) is 0 Å². The third-order valence-corrected chi connectivity index (χ3v) is 3.36. The maximum Gasteiger partial charge on any atom is 0.330 e. The first kappa shape index (κ1) is 13.4. The van der Waals surface area contributed by atoms with Crippen molar-refractivity contribution in [1.82, 2.24) is 10.3 Å². The molecule has 0 bridgehead atoms. The Kier molecular flexibility index (Phi) is 4.08. The number of nitrogens with zero attached hydrogens (tertiary/aromatic N) is 1. The fourth-order valence-electron chi connectivity index (χ4n) is 1.56. The summed E-state index contributed by atoms with van der Waals surface area (Å²) in [5.41, 5.74) is 2.91. The number of esters is 1. The summed E-state index contributed by atoms with van der Waals surface area (Å²) in [5.74, 6) is -1.13. The Morgan fingerprint density at radius 1 is 1.53 bits per heavy atom. The van der Waals surface area contributed by atoms with E-state index in [-0.39, 0.29) is 0 Å². The molecule has 0 spiro atoms. The molecule has 0 fully saturated rings. The van der Waals surface area contributed by atoms with E-state index in [0.29, 0.717) is 5.56 Å². The van der Waals surface area contributed by atoms with Crippen molar-refractivity contribution in [3.8, 4) is 0 Å². The fraction of sp³-hybridized carbons (Fsp3) is 0.250. The van der Waals surface area contributed by atoms with Gasteiger partial charge < -0.3 is 15.2 Å². The van der Waals surface area contributed by atoms with E-state index in [4.69, 9.17) is 5.11 Å². The first-order valence-electron chi connectivity index (χ1n) is 5.48. The lowest BCUT2D eigenvalue weighted by Crippen LogP contribution is -2.44. The Morgan fingerprint density at radius 3 is 3.00 bits per heavy atom. The Morgan fingerprint density at radius 2 is 2.32 bits per heavy atom. The number of hydrogen-bond donors (Lipinski definition) is 2. The summed E-state index contributed by atoms with van der Waals surface area (Å²) in [6.45, 7) is -0.513. The second kappa shape index (κ2) is 5.77. The van der Waals surface area contributed by atoms with Crippen LogP contribution in [0.25, 0.3) is 10.2 Å². The van der Waals surface area contributed by atoms with Gasteiger partial charge in [-0.1, -0.05) is 0 Å². The Balaban J connectivity index is 2.16. The van der Waals surface area contributed by atoms with Crippen LogP contribution >= 0.6 is 11.3 Å². The summed E-state index contributed by atoms with van der Waals surface area (Å²) in [6.07, 6.45) is 0. The summed E-state index contributed by atoms with van der Waals surface area (Å²) in [4.78, 5) is 27.3. The highest BCUT2D eigenvalue weighted by atomic mass is 32.1. The van der Waals surface area contributed by atoms with Crippen molar-refractivity contribution in [2.75, 3.05) is 13.7 Å². The van der Waals surface area contributed by atoms with Gasteiger partial charge >= 0.3 is 5.97 Å². The van der Waals surface area contributed by atoms with Gasteiger partial charge in [-0.3, -0.25) is 4.79 Å². The van der Waals surface area contributed by atoms with Crippen LogP contribution in [-0.2, 0) is 9.53 Å². The molecular weight excluding hydrogens is 268 g/mol. The van der Waals surface area contributed by atoms with E-state index < -0.39 is 24.5 Å². The van der Waals surface area contributed by atoms with Crippen molar-refractivity contribution < 1.29 is 19.4 Å². The number of carbonyl (C=O) groups excluding carboxylic acids is 2. The van der Waals surface area contributed by atoms with Gasteiger partial charge in [-0.15, -0.1) is 11.3 Å². The second-order valence-electron chi connectivity index (χ2n) is 3.77. The highest BCUT2D eigenvalue weighted by Gasteiger charge is 2.21. The molecule has 1 aromatic heterocycles. The first-order chi connectivity index (χ1) is 9.15. The zero-order valence-electron chi connectivity index (χ0n) is 10.1. The number of nitrogens with one attached hydrogen (secondary N) is 1. The van der Waals surface area contributed by atoms with E-state index in [2.05, 4.69) is 15.0 Å². The van der Waals surface area contributed by atoms with E-state index >= 15 is 0 Å². The van der Waals surface area contributed by atoms with Crippen molar-refractivity contribution in [2.45, 2.75) is 6.04 Å².